The van der Waals surface area contributed by atoms with Gasteiger partial charge in [-0.3, -0.25) is 9.59 Å². The van der Waals surface area contributed by atoms with Crippen molar-refractivity contribution in [2.24, 2.45) is 0 Å². The lowest BCUT2D eigenvalue weighted by Gasteiger charge is -2.11. The summed E-state index contributed by atoms with van der Waals surface area (Å²) in [6.07, 6.45) is 3.23. The molecular formula is C14H13FN2O3S2. The molecule has 1 heterocycles. The number of carboxylic acids is 1. The van der Waals surface area contributed by atoms with E-state index in [9.17, 15) is 14.0 Å². The van der Waals surface area contributed by atoms with E-state index >= 15 is 0 Å². The Hall–Kier alpha value is -1.80. The molecule has 22 heavy (non-hydrogen) atoms. The number of rotatable bonds is 6. The highest BCUT2D eigenvalue weighted by Gasteiger charge is 2.11. The van der Waals surface area contributed by atoms with E-state index in [1.165, 1.54) is 46.4 Å². The summed E-state index contributed by atoms with van der Waals surface area (Å²) in [6.45, 7) is -0.271. The second-order valence-electron chi connectivity index (χ2n) is 4.33. The van der Waals surface area contributed by atoms with Crippen molar-refractivity contribution in [3.8, 4) is 0 Å². The Bertz CT molecular complexity index is 732. The van der Waals surface area contributed by atoms with E-state index in [2.05, 4.69) is 4.98 Å². The first-order valence-corrected chi connectivity index (χ1v) is 8.45. The molecule has 1 aromatic carbocycles. The molecule has 2 aromatic rings. The summed E-state index contributed by atoms with van der Waals surface area (Å²) in [7, 11) is 0. The third-order valence-electron chi connectivity index (χ3n) is 2.73. The third-order valence-corrected chi connectivity index (χ3v) is 4.51. The standard InChI is InChI=1S/C14H13FN2O3S2/c1-21-11-6-17(7-12(18)19)14(16-13(11)20)22-8-9-2-4-10(15)5-3-9/h2-6H,7-8H2,1H3,(H,18,19). The van der Waals surface area contributed by atoms with Crippen LogP contribution in [0.4, 0.5) is 4.39 Å². The van der Waals surface area contributed by atoms with E-state index in [4.69, 9.17) is 5.11 Å². The van der Waals surface area contributed by atoms with Crippen LogP contribution < -0.4 is 5.56 Å². The van der Waals surface area contributed by atoms with Gasteiger partial charge in [-0.05, 0) is 24.0 Å². The van der Waals surface area contributed by atoms with Crippen LogP contribution in [0.25, 0.3) is 0 Å². The third kappa shape index (κ3) is 4.35. The number of hydrogen-bond donors (Lipinski definition) is 1. The molecule has 0 bridgehead atoms. The van der Waals surface area contributed by atoms with Crippen molar-refractivity contribution < 1.29 is 14.3 Å². The normalized spacial score (nSPS) is 10.6. The van der Waals surface area contributed by atoms with E-state index < -0.39 is 5.97 Å². The highest BCUT2D eigenvalue weighted by Crippen LogP contribution is 2.22. The summed E-state index contributed by atoms with van der Waals surface area (Å²) >= 11 is 2.46. The quantitative estimate of drug-likeness (QED) is 0.643. The Labute approximate surface area is 134 Å². The predicted molar refractivity (Wildman–Crippen MR) is 83.9 cm³/mol. The largest absolute Gasteiger partial charge is 0.480 e. The van der Waals surface area contributed by atoms with E-state index in [0.29, 0.717) is 15.8 Å². The summed E-state index contributed by atoms with van der Waals surface area (Å²) in [5.74, 6) is -0.870. The number of thioether (sulfide) groups is 2. The molecule has 0 radical (unpaired) electrons. The van der Waals surface area contributed by atoms with E-state index in [0.717, 1.165) is 5.56 Å². The van der Waals surface area contributed by atoms with Crippen LogP contribution >= 0.6 is 23.5 Å². The summed E-state index contributed by atoms with van der Waals surface area (Å²) in [4.78, 5) is 27.1. The van der Waals surface area contributed by atoms with Crippen LogP contribution in [0.1, 0.15) is 5.56 Å². The summed E-state index contributed by atoms with van der Waals surface area (Å²) in [5.41, 5.74) is 0.479. The SMILES string of the molecule is CSc1cn(CC(=O)O)c(SCc2ccc(F)cc2)nc1=O. The first kappa shape index (κ1) is 16.6. The fraction of sp³-hybridized carbons (Fsp3) is 0.214. The van der Waals surface area contributed by atoms with Crippen LogP contribution in [-0.4, -0.2) is 26.9 Å². The van der Waals surface area contributed by atoms with Gasteiger partial charge in [0.25, 0.3) is 5.56 Å². The highest BCUT2D eigenvalue weighted by atomic mass is 32.2. The fourth-order valence-electron chi connectivity index (χ4n) is 1.70. The molecule has 0 unspecified atom stereocenters. The first-order valence-electron chi connectivity index (χ1n) is 6.24. The molecule has 1 aromatic heterocycles. The maximum atomic E-state index is 12.9. The van der Waals surface area contributed by atoms with Gasteiger partial charge in [0.15, 0.2) is 5.16 Å². The lowest BCUT2D eigenvalue weighted by Crippen LogP contribution is -2.19. The summed E-state index contributed by atoms with van der Waals surface area (Å²) < 4.78 is 14.3. The summed E-state index contributed by atoms with van der Waals surface area (Å²) in [6, 6.07) is 5.98. The van der Waals surface area contributed by atoms with Gasteiger partial charge in [0.2, 0.25) is 0 Å². The number of hydrogen-bond acceptors (Lipinski definition) is 5. The van der Waals surface area contributed by atoms with Crippen molar-refractivity contribution in [3.63, 3.8) is 0 Å². The van der Waals surface area contributed by atoms with Crippen LogP contribution in [-0.2, 0) is 17.1 Å². The lowest BCUT2D eigenvalue weighted by atomic mass is 10.2. The average Bonchev–Trinajstić information content (AvgIpc) is 2.48. The maximum Gasteiger partial charge on any atom is 0.323 e. The minimum Gasteiger partial charge on any atom is -0.480 e. The highest BCUT2D eigenvalue weighted by molar-refractivity contribution is 7.98. The van der Waals surface area contributed by atoms with Crippen LogP contribution in [0.2, 0.25) is 0 Å². The Kier molecular flexibility index (Phi) is 5.62. The molecule has 0 saturated heterocycles. The number of benzene rings is 1. The molecule has 0 fully saturated rings. The van der Waals surface area contributed by atoms with Gasteiger partial charge in [-0.1, -0.05) is 23.9 Å². The van der Waals surface area contributed by atoms with Gasteiger partial charge in [0.05, 0.1) is 4.90 Å². The van der Waals surface area contributed by atoms with Crippen LogP contribution in [0, 0.1) is 5.82 Å². The molecule has 5 nitrogen and oxygen atoms in total. The fourth-order valence-corrected chi connectivity index (χ4v) is 3.07. The Balaban J connectivity index is 2.24. The monoisotopic (exact) mass is 340 g/mol. The van der Waals surface area contributed by atoms with Crippen LogP contribution in [0.3, 0.4) is 0 Å². The molecule has 0 aliphatic heterocycles. The Morgan fingerprint density at radius 3 is 2.64 bits per heavy atom. The van der Waals surface area contributed by atoms with Gasteiger partial charge < -0.3 is 9.67 Å². The van der Waals surface area contributed by atoms with Gasteiger partial charge in [-0.2, -0.15) is 4.98 Å². The zero-order chi connectivity index (χ0) is 16.1. The van der Waals surface area contributed by atoms with Crippen molar-refractivity contribution in [1.82, 2.24) is 9.55 Å². The van der Waals surface area contributed by atoms with E-state index in [1.54, 1.807) is 18.4 Å². The molecule has 8 heteroatoms. The summed E-state index contributed by atoms with van der Waals surface area (Å²) in [5, 5.41) is 9.28. The lowest BCUT2D eigenvalue weighted by molar-refractivity contribution is -0.137. The molecule has 0 aliphatic carbocycles. The number of halogens is 1. The van der Waals surface area contributed by atoms with Crippen molar-refractivity contribution in [2.75, 3.05) is 6.26 Å². The molecule has 2 rings (SSSR count). The molecular weight excluding hydrogens is 327 g/mol. The second kappa shape index (κ2) is 7.46. The average molecular weight is 340 g/mol. The molecule has 1 N–H and O–H groups in total. The molecule has 116 valence electrons. The van der Waals surface area contributed by atoms with Crippen LogP contribution in [0.5, 0.6) is 0 Å². The van der Waals surface area contributed by atoms with Gasteiger partial charge in [0, 0.05) is 11.9 Å². The van der Waals surface area contributed by atoms with Crippen molar-refractivity contribution in [3.05, 3.63) is 52.2 Å². The van der Waals surface area contributed by atoms with Crippen molar-refractivity contribution >= 4 is 29.5 Å². The molecule has 0 saturated carbocycles. The van der Waals surface area contributed by atoms with Gasteiger partial charge in [0.1, 0.15) is 12.4 Å². The predicted octanol–water partition coefficient (Wildman–Crippen LogP) is 2.48. The van der Waals surface area contributed by atoms with Gasteiger partial charge in [-0.25, -0.2) is 4.39 Å². The zero-order valence-corrected chi connectivity index (χ0v) is 13.3. The molecule has 0 aliphatic rings. The zero-order valence-electron chi connectivity index (χ0n) is 11.7. The van der Waals surface area contributed by atoms with Crippen molar-refractivity contribution in [1.29, 1.82) is 0 Å². The first-order chi connectivity index (χ1) is 10.5. The number of aliphatic carboxylic acids is 1. The topological polar surface area (TPSA) is 72.2 Å². The van der Waals surface area contributed by atoms with Crippen molar-refractivity contribution in [2.45, 2.75) is 22.3 Å². The number of carbonyl (C=O) groups is 1. The minimum atomic E-state index is -1.01. The Morgan fingerprint density at radius 1 is 1.36 bits per heavy atom. The minimum absolute atomic E-state index is 0.271. The molecule has 0 spiro atoms. The van der Waals surface area contributed by atoms with E-state index in [1.807, 2.05) is 0 Å². The molecule has 0 amide bonds. The Morgan fingerprint density at radius 2 is 2.05 bits per heavy atom. The second-order valence-corrected chi connectivity index (χ2v) is 6.12. The number of aromatic nitrogens is 2. The smallest absolute Gasteiger partial charge is 0.323 e. The number of nitrogens with zero attached hydrogens (tertiary/aromatic N) is 2. The number of carboxylic acid groups (broad SMARTS) is 1. The van der Waals surface area contributed by atoms with Gasteiger partial charge in [-0.15, -0.1) is 11.8 Å². The maximum absolute atomic E-state index is 12.9. The molecule has 0 atom stereocenters. The van der Waals surface area contributed by atoms with Gasteiger partial charge >= 0.3 is 5.97 Å². The van der Waals surface area contributed by atoms with E-state index in [-0.39, 0.29) is 17.9 Å². The van der Waals surface area contributed by atoms with Crippen LogP contribution in [0.15, 0.2) is 45.3 Å².